The Balaban J connectivity index is 1.47. The Morgan fingerprint density at radius 1 is 1.20 bits per heavy atom. The van der Waals surface area contributed by atoms with Gasteiger partial charge in [-0.25, -0.2) is 4.79 Å². The minimum Gasteiger partial charge on any atom is -0.314 e. The number of aromatic nitrogens is 3. The molecule has 0 bridgehead atoms. The Morgan fingerprint density at radius 2 is 2.00 bits per heavy atom. The van der Waals surface area contributed by atoms with Crippen molar-refractivity contribution in [1.82, 2.24) is 25.4 Å². The summed E-state index contributed by atoms with van der Waals surface area (Å²) < 4.78 is 2.11. The number of carbonyl (C=O) groups excluding carboxylic acids is 2. The van der Waals surface area contributed by atoms with Crippen LogP contribution in [0, 0.1) is 0 Å². The maximum absolute atomic E-state index is 11.9. The van der Waals surface area contributed by atoms with Crippen LogP contribution >= 0.6 is 0 Å². The van der Waals surface area contributed by atoms with Crippen LogP contribution in [0.3, 0.4) is 0 Å². The van der Waals surface area contributed by atoms with Gasteiger partial charge in [0, 0.05) is 18.7 Å². The molecule has 1 unspecified atom stereocenters. The molecule has 1 aromatic carbocycles. The van der Waals surface area contributed by atoms with Gasteiger partial charge in [-0.05, 0) is 31.9 Å². The van der Waals surface area contributed by atoms with E-state index in [-0.39, 0.29) is 12.6 Å². The number of hydrogen-bond donors (Lipinski definition) is 3. The third-order valence-electron chi connectivity index (χ3n) is 4.13. The summed E-state index contributed by atoms with van der Waals surface area (Å²) in [6, 6.07) is 8.29. The highest BCUT2D eigenvalue weighted by molar-refractivity contribution is 6.01. The lowest BCUT2D eigenvalue weighted by molar-refractivity contribution is -0.119. The van der Waals surface area contributed by atoms with E-state index in [1.54, 1.807) is 24.3 Å². The van der Waals surface area contributed by atoms with E-state index in [0.29, 0.717) is 5.69 Å². The van der Waals surface area contributed by atoms with Gasteiger partial charge in [0.05, 0.1) is 12.6 Å². The number of carbonyl (C=O) groups is 2. The van der Waals surface area contributed by atoms with Crippen LogP contribution in [0.2, 0.25) is 0 Å². The van der Waals surface area contributed by atoms with Gasteiger partial charge in [-0.15, -0.1) is 10.2 Å². The average molecular weight is 342 g/mol. The lowest BCUT2D eigenvalue weighted by atomic mass is 10.1. The van der Waals surface area contributed by atoms with Gasteiger partial charge in [0.2, 0.25) is 5.91 Å². The third-order valence-corrected chi connectivity index (χ3v) is 4.13. The first kappa shape index (κ1) is 17.1. The number of nitrogens with zero attached hydrogens (tertiary/aromatic N) is 3. The van der Waals surface area contributed by atoms with Crippen molar-refractivity contribution < 1.29 is 9.59 Å². The topological polar surface area (TPSA) is 101 Å². The lowest BCUT2D eigenvalue weighted by Crippen LogP contribution is -2.41. The van der Waals surface area contributed by atoms with Crippen molar-refractivity contribution in [2.45, 2.75) is 38.8 Å². The minimum absolute atomic E-state index is 0.0194. The molecule has 0 aliphatic carbocycles. The van der Waals surface area contributed by atoms with Gasteiger partial charge in [0.15, 0.2) is 0 Å². The molecular weight excluding hydrogens is 320 g/mol. The highest BCUT2D eigenvalue weighted by atomic mass is 16.2. The quantitative estimate of drug-likeness (QED) is 0.766. The summed E-state index contributed by atoms with van der Waals surface area (Å²) in [5.41, 5.74) is 0.629. The van der Waals surface area contributed by atoms with Crippen molar-refractivity contribution in [2.75, 3.05) is 11.9 Å². The summed E-state index contributed by atoms with van der Waals surface area (Å²) in [5, 5.41) is 16.4. The fourth-order valence-corrected chi connectivity index (χ4v) is 2.84. The largest absolute Gasteiger partial charge is 0.325 e. The molecule has 3 rings (SSSR count). The second-order valence-electron chi connectivity index (χ2n) is 6.05. The molecule has 0 fully saturated rings. The predicted octanol–water partition coefficient (Wildman–Crippen LogP) is 1.61. The Hall–Kier alpha value is -2.74. The van der Waals surface area contributed by atoms with Crippen molar-refractivity contribution in [3.63, 3.8) is 0 Å². The molecule has 8 nitrogen and oxygen atoms in total. The number of hydrogen-bond acceptors (Lipinski definition) is 5. The first-order valence-corrected chi connectivity index (χ1v) is 8.44. The minimum atomic E-state index is -0.550. The standard InChI is InChI=1S/C17H22N6O2/c1-12(16-22-21-14-9-5-6-10-23(14)16)18-11-15(24)20-17(25)19-13-7-3-2-4-8-13/h2-4,7-8,12,18H,5-6,9-11H2,1H3,(H2,19,20,24,25). The first-order chi connectivity index (χ1) is 12.1. The van der Waals surface area contributed by atoms with Gasteiger partial charge < -0.3 is 9.88 Å². The van der Waals surface area contributed by atoms with Crippen molar-refractivity contribution in [3.05, 3.63) is 42.0 Å². The van der Waals surface area contributed by atoms with Gasteiger partial charge in [0.25, 0.3) is 0 Å². The molecular formula is C17H22N6O2. The molecule has 2 heterocycles. The fourth-order valence-electron chi connectivity index (χ4n) is 2.84. The van der Waals surface area contributed by atoms with E-state index >= 15 is 0 Å². The molecule has 3 amide bonds. The van der Waals surface area contributed by atoms with Crippen molar-refractivity contribution in [3.8, 4) is 0 Å². The smallest absolute Gasteiger partial charge is 0.314 e. The van der Waals surface area contributed by atoms with Gasteiger partial charge in [-0.2, -0.15) is 0 Å². The summed E-state index contributed by atoms with van der Waals surface area (Å²) in [6.07, 6.45) is 3.20. The Kier molecular flexibility index (Phi) is 5.39. The summed E-state index contributed by atoms with van der Waals surface area (Å²) in [6.45, 7) is 2.87. The van der Waals surface area contributed by atoms with E-state index in [4.69, 9.17) is 0 Å². The Bertz CT molecular complexity index is 743. The number of nitrogens with one attached hydrogen (secondary N) is 3. The zero-order valence-electron chi connectivity index (χ0n) is 14.2. The summed E-state index contributed by atoms with van der Waals surface area (Å²) >= 11 is 0. The summed E-state index contributed by atoms with van der Waals surface area (Å²) in [5.74, 6) is 1.43. The first-order valence-electron chi connectivity index (χ1n) is 8.44. The molecule has 0 saturated carbocycles. The molecule has 3 N–H and O–H groups in total. The van der Waals surface area contributed by atoms with Crippen molar-refractivity contribution in [1.29, 1.82) is 0 Å². The number of para-hydroxylation sites is 1. The second kappa shape index (κ2) is 7.89. The third kappa shape index (κ3) is 4.42. The normalized spacial score (nSPS) is 14.4. The molecule has 1 aliphatic heterocycles. The van der Waals surface area contributed by atoms with Crippen LogP contribution in [-0.4, -0.2) is 33.2 Å². The maximum atomic E-state index is 11.9. The number of benzene rings is 1. The molecule has 8 heteroatoms. The molecule has 1 aromatic heterocycles. The Morgan fingerprint density at radius 3 is 2.80 bits per heavy atom. The van der Waals surface area contributed by atoms with Crippen molar-refractivity contribution >= 4 is 17.6 Å². The zero-order valence-corrected chi connectivity index (χ0v) is 14.2. The molecule has 1 atom stereocenters. The second-order valence-corrected chi connectivity index (χ2v) is 6.05. The maximum Gasteiger partial charge on any atom is 0.325 e. The average Bonchev–Trinajstić information content (AvgIpc) is 3.04. The molecule has 1 aliphatic rings. The molecule has 0 spiro atoms. The summed E-state index contributed by atoms with van der Waals surface area (Å²) in [7, 11) is 0. The van der Waals surface area contributed by atoms with Crippen LogP contribution in [0.25, 0.3) is 0 Å². The van der Waals surface area contributed by atoms with Crippen molar-refractivity contribution in [2.24, 2.45) is 0 Å². The molecule has 132 valence electrons. The van der Waals surface area contributed by atoms with Crippen LogP contribution in [-0.2, 0) is 17.8 Å². The van der Waals surface area contributed by atoms with E-state index in [2.05, 4.69) is 30.7 Å². The molecule has 25 heavy (non-hydrogen) atoms. The number of aryl methyl sites for hydroxylation is 1. The van der Waals surface area contributed by atoms with E-state index in [1.165, 1.54) is 0 Å². The molecule has 0 saturated heterocycles. The number of fused-ring (bicyclic) bond motifs is 1. The highest BCUT2D eigenvalue weighted by Crippen LogP contribution is 2.18. The van der Waals surface area contributed by atoms with E-state index in [0.717, 1.165) is 37.5 Å². The highest BCUT2D eigenvalue weighted by Gasteiger charge is 2.20. The lowest BCUT2D eigenvalue weighted by Gasteiger charge is -2.18. The van der Waals surface area contributed by atoms with Gasteiger partial charge in [-0.1, -0.05) is 18.2 Å². The van der Waals surface area contributed by atoms with Crippen LogP contribution in [0.1, 0.15) is 37.5 Å². The fraction of sp³-hybridized carbons (Fsp3) is 0.412. The predicted molar refractivity (Wildman–Crippen MR) is 93.0 cm³/mol. The zero-order chi connectivity index (χ0) is 17.6. The Labute approximate surface area is 146 Å². The van der Waals surface area contributed by atoms with Crippen LogP contribution in [0.5, 0.6) is 0 Å². The number of urea groups is 1. The SMILES string of the molecule is CC(NCC(=O)NC(=O)Nc1ccccc1)c1nnc2n1CCCC2. The number of rotatable bonds is 5. The van der Waals surface area contributed by atoms with Crippen LogP contribution < -0.4 is 16.0 Å². The van der Waals surface area contributed by atoms with Crippen LogP contribution in [0.4, 0.5) is 10.5 Å². The summed E-state index contributed by atoms with van der Waals surface area (Å²) in [4.78, 5) is 23.7. The van der Waals surface area contributed by atoms with Crippen LogP contribution in [0.15, 0.2) is 30.3 Å². The van der Waals surface area contributed by atoms with E-state index < -0.39 is 11.9 Å². The molecule has 2 aromatic rings. The van der Waals surface area contributed by atoms with E-state index in [9.17, 15) is 9.59 Å². The van der Waals surface area contributed by atoms with E-state index in [1.807, 2.05) is 13.0 Å². The van der Waals surface area contributed by atoms with Gasteiger partial charge >= 0.3 is 6.03 Å². The monoisotopic (exact) mass is 342 g/mol. The number of amides is 3. The molecule has 0 radical (unpaired) electrons. The number of anilines is 1. The van der Waals surface area contributed by atoms with Gasteiger partial charge in [-0.3, -0.25) is 15.4 Å². The number of imide groups is 1. The van der Waals surface area contributed by atoms with Gasteiger partial charge in [0.1, 0.15) is 11.6 Å².